The van der Waals surface area contributed by atoms with Gasteiger partial charge in [0.2, 0.25) is 0 Å². The van der Waals surface area contributed by atoms with E-state index in [0.717, 1.165) is 33.7 Å². The predicted octanol–water partition coefficient (Wildman–Crippen LogP) is 4.55. The molecule has 0 fully saturated rings. The van der Waals surface area contributed by atoms with Crippen molar-refractivity contribution >= 4 is 11.6 Å². The summed E-state index contributed by atoms with van der Waals surface area (Å²) in [4.78, 5) is 12.2. The summed E-state index contributed by atoms with van der Waals surface area (Å²) in [6.07, 6.45) is 0. The molecule has 0 saturated carbocycles. The Labute approximate surface area is 138 Å². The van der Waals surface area contributed by atoms with Gasteiger partial charge in [-0.1, -0.05) is 35.4 Å². The van der Waals surface area contributed by atoms with Crippen molar-refractivity contribution in [3.8, 4) is 5.75 Å². The van der Waals surface area contributed by atoms with Crippen LogP contribution in [0.5, 0.6) is 5.75 Å². The summed E-state index contributed by atoms with van der Waals surface area (Å²) in [5.41, 5.74) is 7.51. The van der Waals surface area contributed by atoms with Crippen molar-refractivity contribution in [1.29, 1.82) is 0 Å². The monoisotopic (exact) mass is 311 g/mol. The number of amides is 1. The van der Waals surface area contributed by atoms with Crippen LogP contribution in [0.1, 0.15) is 33.4 Å². The first-order valence-electron chi connectivity index (χ1n) is 7.86. The van der Waals surface area contributed by atoms with E-state index in [1.54, 1.807) is 0 Å². The third kappa shape index (κ3) is 4.13. The SMILES string of the molecule is Cc1cc(C)c(NC(=O)COc2c(C)cc(C)cc2C)c(C)c1. The lowest BCUT2D eigenvalue weighted by Gasteiger charge is -2.15. The molecule has 0 radical (unpaired) electrons. The normalized spacial score (nSPS) is 10.5. The van der Waals surface area contributed by atoms with Crippen LogP contribution in [0.2, 0.25) is 0 Å². The Bertz CT molecular complexity index is 701. The number of hydrogen-bond donors (Lipinski definition) is 1. The van der Waals surface area contributed by atoms with E-state index >= 15 is 0 Å². The van der Waals surface area contributed by atoms with Crippen LogP contribution in [-0.4, -0.2) is 12.5 Å². The summed E-state index contributed by atoms with van der Waals surface area (Å²) in [7, 11) is 0. The second-order valence-corrected chi connectivity index (χ2v) is 6.34. The first-order valence-corrected chi connectivity index (χ1v) is 7.86. The fourth-order valence-electron chi connectivity index (χ4n) is 3.08. The number of aryl methyl sites for hydroxylation is 6. The maximum atomic E-state index is 12.2. The number of benzene rings is 2. The van der Waals surface area contributed by atoms with Crippen LogP contribution in [0.15, 0.2) is 24.3 Å². The van der Waals surface area contributed by atoms with Crippen molar-refractivity contribution in [2.24, 2.45) is 0 Å². The second kappa shape index (κ2) is 6.86. The van der Waals surface area contributed by atoms with Gasteiger partial charge in [0, 0.05) is 5.69 Å². The Balaban J connectivity index is 2.07. The van der Waals surface area contributed by atoms with E-state index in [9.17, 15) is 4.79 Å². The molecule has 0 atom stereocenters. The molecule has 3 nitrogen and oxygen atoms in total. The summed E-state index contributed by atoms with van der Waals surface area (Å²) in [6.45, 7) is 12.1. The van der Waals surface area contributed by atoms with Gasteiger partial charge in [-0.05, 0) is 63.8 Å². The minimum atomic E-state index is -0.139. The van der Waals surface area contributed by atoms with Gasteiger partial charge in [0.05, 0.1) is 0 Å². The minimum Gasteiger partial charge on any atom is -0.483 e. The molecule has 1 N–H and O–H groups in total. The minimum absolute atomic E-state index is 0.0114. The molecular weight excluding hydrogens is 286 g/mol. The van der Waals surface area contributed by atoms with Gasteiger partial charge in [-0.25, -0.2) is 0 Å². The highest BCUT2D eigenvalue weighted by atomic mass is 16.5. The van der Waals surface area contributed by atoms with Gasteiger partial charge < -0.3 is 10.1 Å². The average molecular weight is 311 g/mol. The summed E-state index contributed by atoms with van der Waals surface area (Å²) in [5.74, 6) is 0.655. The van der Waals surface area contributed by atoms with Crippen LogP contribution in [0, 0.1) is 41.5 Å². The topological polar surface area (TPSA) is 38.3 Å². The van der Waals surface area contributed by atoms with E-state index in [4.69, 9.17) is 4.74 Å². The molecule has 0 aliphatic carbocycles. The zero-order valence-corrected chi connectivity index (χ0v) is 14.8. The predicted molar refractivity (Wildman–Crippen MR) is 95.4 cm³/mol. The first kappa shape index (κ1) is 17.1. The van der Waals surface area contributed by atoms with Crippen molar-refractivity contribution in [3.05, 3.63) is 57.6 Å². The molecule has 0 aliphatic rings. The van der Waals surface area contributed by atoms with E-state index in [1.807, 2.05) is 27.7 Å². The zero-order valence-electron chi connectivity index (χ0n) is 14.8. The molecule has 23 heavy (non-hydrogen) atoms. The van der Waals surface area contributed by atoms with Gasteiger partial charge in [-0.2, -0.15) is 0 Å². The summed E-state index contributed by atoms with van der Waals surface area (Å²) in [6, 6.07) is 8.26. The Morgan fingerprint density at radius 3 is 1.74 bits per heavy atom. The smallest absolute Gasteiger partial charge is 0.262 e. The third-order valence-corrected chi connectivity index (χ3v) is 3.89. The van der Waals surface area contributed by atoms with Gasteiger partial charge in [0.1, 0.15) is 5.75 Å². The molecule has 0 heterocycles. The van der Waals surface area contributed by atoms with Crippen molar-refractivity contribution in [3.63, 3.8) is 0 Å². The van der Waals surface area contributed by atoms with Gasteiger partial charge >= 0.3 is 0 Å². The van der Waals surface area contributed by atoms with Crippen LogP contribution >= 0.6 is 0 Å². The lowest BCUT2D eigenvalue weighted by molar-refractivity contribution is -0.118. The highest BCUT2D eigenvalue weighted by molar-refractivity contribution is 5.93. The van der Waals surface area contributed by atoms with Crippen LogP contribution in [0.25, 0.3) is 0 Å². The van der Waals surface area contributed by atoms with Gasteiger partial charge in [-0.15, -0.1) is 0 Å². The quantitative estimate of drug-likeness (QED) is 0.899. The molecule has 1 amide bonds. The van der Waals surface area contributed by atoms with Crippen LogP contribution < -0.4 is 10.1 Å². The van der Waals surface area contributed by atoms with E-state index in [0.29, 0.717) is 0 Å². The van der Waals surface area contributed by atoms with Crippen molar-refractivity contribution in [2.75, 3.05) is 11.9 Å². The highest BCUT2D eigenvalue weighted by Crippen LogP contribution is 2.25. The number of nitrogens with one attached hydrogen (secondary N) is 1. The molecule has 3 heteroatoms. The third-order valence-electron chi connectivity index (χ3n) is 3.89. The maximum Gasteiger partial charge on any atom is 0.262 e. The lowest BCUT2D eigenvalue weighted by Crippen LogP contribution is -2.21. The van der Waals surface area contributed by atoms with E-state index in [2.05, 4.69) is 43.4 Å². The van der Waals surface area contributed by atoms with Crippen molar-refractivity contribution in [1.82, 2.24) is 0 Å². The molecule has 0 spiro atoms. The van der Waals surface area contributed by atoms with Crippen molar-refractivity contribution in [2.45, 2.75) is 41.5 Å². The number of carbonyl (C=O) groups excluding carboxylic acids is 1. The summed E-state index contributed by atoms with van der Waals surface area (Å²) < 4.78 is 5.75. The van der Waals surface area contributed by atoms with Crippen LogP contribution in [0.3, 0.4) is 0 Å². The second-order valence-electron chi connectivity index (χ2n) is 6.34. The number of carbonyl (C=O) groups is 1. The van der Waals surface area contributed by atoms with Gasteiger partial charge in [-0.3, -0.25) is 4.79 Å². The number of ether oxygens (including phenoxy) is 1. The molecular formula is C20H25NO2. The molecule has 0 aliphatic heterocycles. The fourth-order valence-corrected chi connectivity index (χ4v) is 3.08. The summed E-state index contributed by atoms with van der Waals surface area (Å²) >= 11 is 0. The molecule has 0 bridgehead atoms. The van der Waals surface area contributed by atoms with E-state index in [1.165, 1.54) is 11.1 Å². The van der Waals surface area contributed by atoms with Gasteiger partial charge in [0.15, 0.2) is 6.61 Å². The molecule has 0 aromatic heterocycles. The molecule has 0 saturated heterocycles. The Hall–Kier alpha value is -2.29. The summed E-state index contributed by atoms with van der Waals surface area (Å²) in [5, 5.41) is 2.96. The average Bonchev–Trinajstić information content (AvgIpc) is 2.41. The Morgan fingerprint density at radius 2 is 1.26 bits per heavy atom. The highest BCUT2D eigenvalue weighted by Gasteiger charge is 2.11. The van der Waals surface area contributed by atoms with Gasteiger partial charge in [0.25, 0.3) is 5.91 Å². The molecule has 122 valence electrons. The largest absolute Gasteiger partial charge is 0.483 e. The maximum absolute atomic E-state index is 12.2. The van der Waals surface area contributed by atoms with Crippen LogP contribution in [0.4, 0.5) is 5.69 Å². The Kier molecular flexibility index (Phi) is 5.09. The fraction of sp³-hybridized carbons (Fsp3) is 0.350. The lowest BCUT2D eigenvalue weighted by atomic mass is 10.1. The van der Waals surface area contributed by atoms with Crippen molar-refractivity contribution < 1.29 is 9.53 Å². The van der Waals surface area contributed by atoms with E-state index < -0.39 is 0 Å². The first-order chi connectivity index (χ1) is 10.8. The van der Waals surface area contributed by atoms with E-state index in [-0.39, 0.29) is 12.5 Å². The molecule has 2 rings (SSSR count). The molecule has 0 unspecified atom stereocenters. The number of rotatable bonds is 4. The zero-order chi connectivity index (χ0) is 17.1. The molecule has 2 aromatic carbocycles. The number of hydrogen-bond acceptors (Lipinski definition) is 2. The Morgan fingerprint density at radius 1 is 0.826 bits per heavy atom. The molecule has 2 aromatic rings. The number of anilines is 1. The van der Waals surface area contributed by atoms with Crippen LogP contribution in [-0.2, 0) is 4.79 Å². The standard InChI is InChI=1S/C20H25NO2/c1-12-7-14(3)19(15(4)8-12)21-18(22)11-23-20-16(5)9-13(2)10-17(20)6/h7-10H,11H2,1-6H3,(H,21,22).